The largest absolute Gasteiger partial charge is 0.317 e. The van der Waals surface area contributed by atoms with Gasteiger partial charge in [0.2, 0.25) is 0 Å². The molecule has 1 unspecified atom stereocenters. The van der Waals surface area contributed by atoms with Crippen LogP contribution >= 0.6 is 23.2 Å². The Bertz CT molecular complexity index is 374. The first-order valence-electron chi connectivity index (χ1n) is 6.31. The lowest BCUT2D eigenvalue weighted by Gasteiger charge is -2.29. The van der Waals surface area contributed by atoms with Gasteiger partial charge in [0.25, 0.3) is 0 Å². The Balaban J connectivity index is 1.99. The van der Waals surface area contributed by atoms with Crippen LogP contribution < -0.4 is 5.32 Å². The zero-order valence-electron chi connectivity index (χ0n) is 10.2. The third kappa shape index (κ3) is 3.37. The molecule has 1 fully saturated rings. The fraction of sp³-hybridized carbons (Fsp3) is 0.571. The lowest BCUT2D eigenvalue weighted by atomic mass is 9.80. The Labute approximate surface area is 114 Å². The minimum atomic E-state index is 0.510. The van der Waals surface area contributed by atoms with E-state index >= 15 is 0 Å². The summed E-state index contributed by atoms with van der Waals surface area (Å²) in [5.74, 6) is 0.908. The van der Waals surface area contributed by atoms with Crippen LogP contribution in [-0.4, -0.2) is 13.1 Å². The number of benzene rings is 1. The van der Waals surface area contributed by atoms with Crippen molar-refractivity contribution in [1.82, 2.24) is 5.32 Å². The monoisotopic (exact) mass is 271 g/mol. The standard InChI is InChI=1S/C14H19Cl2N/c1-17-12(8-10-4-2-5-10)9-11-6-3-7-13(15)14(11)16/h3,6-7,10,12,17H,2,4-5,8-9H2,1H3. The van der Waals surface area contributed by atoms with E-state index in [9.17, 15) is 0 Å². The van der Waals surface area contributed by atoms with Gasteiger partial charge >= 0.3 is 0 Å². The first kappa shape index (κ1) is 13.2. The molecule has 1 aliphatic rings. The van der Waals surface area contributed by atoms with Crippen molar-refractivity contribution in [3.63, 3.8) is 0 Å². The lowest BCUT2D eigenvalue weighted by molar-refractivity contribution is 0.263. The van der Waals surface area contributed by atoms with Crippen LogP contribution in [0.1, 0.15) is 31.2 Å². The van der Waals surface area contributed by atoms with Gasteiger partial charge in [-0.25, -0.2) is 0 Å². The minimum Gasteiger partial charge on any atom is -0.317 e. The van der Waals surface area contributed by atoms with Crippen LogP contribution in [0.15, 0.2) is 18.2 Å². The van der Waals surface area contributed by atoms with Crippen molar-refractivity contribution in [1.29, 1.82) is 0 Å². The molecular weight excluding hydrogens is 253 g/mol. The van der Waals surface area contributed by atoms with E-state index in [4.69, 9.17) is 23.2 Å². The van der Waals surface area contributed by atoms with E-state index < -0.39 is 0 Å². The highest BCUT2D eigenvalue weighted by molar-refractivity contribution is 6.42. The van der Waals surface area contributed by atoms with Crippen LogP contribution in [-0.2, 0) is 6.42 Å². The van der Waals surface area contributed by atoms with E-state index in [2.05, 4.69) is 11.4 Å². The maximum absolute atomic E-state index is 6.22. The van der Waals surface area contributed by atoms with Gasteiger partial charge < -0.3 is 5.32 Å². The van der Waals surface area contributed by atoms with Gasteiger partial charge in [0.05, 0.1) is 10.0 Å². The van der Waals surface area contributed by atoms with E-state index in [1.54, 1.807) is 0 Å². The van der Waals surface area contributed by atoms with Crippen LogP contribution in [0, 0.1) is 5.92 Å². The Morgan fingerprint density at radius 2 is 2.12 bits per heavy atom. The molecule has 0 bridgehead atoms. The second-order valence-electron chi connectivity index (χ2n) is 4.94. The molecule has 3 heteroatoms. The molecule has 0 heterocycles. The van der Waals surface area contributed by atoms with E-state index in [-0.39, 0.29) is 0 Å². The average molecular weight is 272 g/mol. The van der Waals surface area contributed by atoms with Crippen molar-refractivity contribution in [2.75, 3.05) is 7.05 Å². The van der Waals surface area contributed by atoms with E-state index in [1.165, 1.54) is 25.7 Å². The number of hydrogen-bond donors (Lipinski definition) is 1. The van der Waals surface area contributed by atoms with Gasteiger partial charge in [-0.1, -0.05) is 54.6 Å². The van der Waals surface area contributed by atoms with E-state index in [1.807, 2.05) is 19.2 Å². The molecule has 0 spiro atoms. The lowest BCUT2D eigenvalue weighted by Crippen LogP contribution is -2.32. The molecule has 1 atom stereocenters. The summed E-state index contributed by atoms with van der Waals surface area (Å²) in [5, 5.41) is 4.76. The molecule has 1 aromatic rings. The van der Waals surface area contributed by atoms with Gasteiger partial charge in [-0.2, -0.15) is 0 Å². The number of rotatable bonds is 5. The number of hydrogen-bond acceptors (Lipinski definition) is 1. The maximum Gasteiger partial charge on any atom is 0.0624 e. The molecule has 0 amide bonds. The molecule has 94 valence electrons. The van der Waals surface area contributed by atoms with Gasteiger partial charge in [0, 0.05) is 6.04 Å². The highest BCUT2D eigenvalue weighted by Gasteiger charge is 2.22. The summed E-state index contributed by atoms with van der Waals surface area (Å²) in [7, 11) is 2.03. The Kier molecular flexibility index (Phi) is 4.72. The quantitative estimate of drug-likeness (QED) is 0.842. The van der Waals surface area contributed by atoms with Gasteiger partial charge in [0.1, 0.15) is 0 Å². The molecule has 1 saturated carbocycles. The number of nitrogens with one attached hydrogen (secondary N) is 1. The summed E-state index contributed by atoms with van der Waals surface area (Å²) >= 11 is 12.3. The minimum absolute atomic E-state index is 0.510. The SMILES string of the molecule is CNC(Cc1cccc(Cl)c1Cl)CC1CCC1. The van der Waals surface area contributed by atoms with Crippen LogP contribution in [0.4, 0.5) is 0 Å². The van der Waals surface area contributed by atoms with Gasteiger partial charge in [0.15, 0.2) is 0 Å². The van der Waals surface area contributed by atoms with Gasteiger partial charge in [-0.05, 0) is 37.4 Å². The summed E-state index contributed by atoms with van der Waals surface area (Å²) in [6.45, 7) is 0. The Hall–Kier alpha value is -0.240. The second kappa shape index (κ2) is 6.08. The number of halogens is 2. The molecule has 1 aromatic carbocycles. The van der Waals surface area contributed by atoms with Crippen molar-refractivity contribution in [2.24, 2.45) is 5.92 Å². The van der Waals surface area contributed by atoms with Crippen molar-refractivity contribution < 1.29 is 0 Å². The summed E-state index contributed by atoms with van der Waals surface area (Å²) in [6, 6.07) is 6.39. The second-order valence-corrected chi connectivity index (χ2v) is 5.72. The molecule has 2 rings (SSSR count). The predicted octanol–water partition coefficient (Wildman–Crippen LogP) is 4.31. The molecule has 17 heavy (non-hydrogen) atoms. The first-order valence-corrected chi connectivity index (χ1v) is 7.06. The fourth-order valence-corrected chi connectivity index (χ4v) is 2.80. The first-order chi connectivity index (χ1) is 8.20. The fourth-order valence-electron chi connectivity index (χ4n) is 2.41. The van der Waals surface area contributed by atoms with Crippen LogP contribution in [0.2, 0.25) is 10.0 Å². The molecule has 0 saturated heterocycles. The molecule has 0 aliphatic heterocycles. The normalized spacial score (nSPS) is 17.8. The summed E-state index contributed by atoms with van der Waals surface area (Å²) in [6.07, 6.45) is 6.40. The topological polar surface area (TPSA) is 12.0 Å². The highest BCUT2D eigenvalue weighted by atomic mass is 35.5. The zero-order chi connectivity index (χ0) is 12.3. The van der Waals surface area contributed by atoms with E-state index in [0.717, 1.165) is 17.9 Å². The smallest absolute Gasteiger partial charge is 0.0624 e. The zero-order valence-corrected chi connectivity index (χ0v) is 11.7. The summed E-state index contributed by atoms with van der Waals surface area (Å²) in [5.41, 5.74) is 1.15. The molecule has 1 nitrogen and oxygen atoms in total. The van der Waals surface area contributed by atoms with Crippen LogP contribution in [0.5, 0.6) is 0 Å². The van der Waals surface area contributed by atoms with Crippen molar-refractivity contribution in [3.8, 4) is 0 Å². The highest BCUT2D eigenvalue weighted by Crippen LogP contribution is 2.32. The summed E-state index contributed by atoms with van der Waals surface area (Å²) in [4.78, 5) is 0. The summed E-state index contributed by atoms with van der Waals surface area (Å²) < 4.78 is 0. The molecule has 1 aliphatic carbocycles. The Morgan fingerprint density at radius 3 is 2.71 bits per heavy atom. The maximum atomic E-state index is 6.22. The number of likely N-dealkylation sites (N-methyl/N-ethyl adjacent to an activating group) is 1. The van der Waals surface area contributed by atoms with Crippen LogP contribution in [0.3, 0.4) is 0 Å². The molecule has 1 N–H and O–H groups in total. The van der Waals surface area contributed by atoms with E-state index in [0.29, 0.717) is 16.1 Å². The van der Waals surface area contributed by atoms with Crippen molar-refractivity contribution in [3.05, 3.63) is 33.8 Å². The molecular formula is C14H19Cl2N. The third-order valence-corrected chi connectivity index (χ3v) is 4.61. The third-order valence-electron chi connectivity index (χ3n) is 3.75. The van der Waals surface area contributed by atoms with Crippen molar-refractivity contribution >= 4 is 23.2 Å². The van der Waals surface area contributed by atoms with Gasteiger partial charge in [-0.15, -0.1) is 0 Å². The predicted molar refractivity (Wildman–Crippen MR) is 75.0 cm³/mol. The molecule has 0 radical (unpaired) electrons. The van der Waals surface area contributed by atoms with Crippen molar-refractivity contribution in [2.45, 2.75) is 38.1 Å². The average Bonchev–Trinajstić information content (AvgIpc) is 2.27. The molecule has 0 aromatic heterocycles. The van der Waals surface area contributed by atoms with Gasteiger partial charge in [-0.3, -0.25) is 0 Å². The van der Waals surface area contributed by atoms with Crippen LogP contribution in [0.25, 0.3) is 0 Å². The Morgan fingerprint density at radius 1 is 1.35 bits per heavy atom.